The van der Waals surface area contributed by atoms with Crippen molar-refractivity contribution in [3.8, 4) is 23.0 Å². The first-order valence-corrected chi connectivity index (χ1v) is 10.2. The van der Waals surface area contributed by atoms with Gasteiger partial charge in [0, 0.05) is 5.56 Å². The normalized spacial score (nSPS) is 10.2. The van der Waals surface area contributed by atoms with Crippen molar-refractivity contribution >= 4 is 39.9 Å². The molecular formula is C23H23N3O6S. The predicted octanol–water partition coefficient (Wildman–Crippen LogP) is 2.58. The molecule has 0 saturated carbocycles. The van der Waals surface area contributed by atoms with Crippen molar-refractivity contribution in [1.29, 1.82) is 0 Å². The maximum atomic E-state index is 12.5. The Balaban J connectivity index is 1.51. The number of rotatable bonds is 7. The maximum absolute atomic E-state index is 12.5. The van der Waals surface area contributed by atoms with Crippen LogP contribution in [0.25, 0.3) is 10.8 Å². The number of methoxy groups -OCH3 is 3. The quantitative estimate of drug-likeness (QED) is 0.358. The number of carbonyl (C=O) groups is 2. The molecule has 0 spiro atoms. The number of benzene rings is 3. The van der Waals surface area contributed by atoms with Gasteiger partial charge in [-0.1, -0.05) is 30.3 Å². The molecule has 0 aliphatic heterocycles. The van der Waals surface area contributed by atoms with Crippen LogP contribution < -0.4 is 35.1 Å². The molecule has 33 heavy (non-hydrogen) atoms. The molecular weight excluding hydrogens is 446 g/mol. The van der Waals surface area contributed by atoms with Gasteiger partial charge >= 0.3 is 0 Å². The highest BCUT2D eigenvalue weighted by atomic mass is 32.1. The zero-order chi connectivity index (χ0) is 23.8. The Labute approximate surface area is 195 Å². The lowest BCUT2D eigenvalue weighted by Gasteiger charge is -2.15. The van der Waals surface area contributed by atoms with Crippen LogP contribution in [-0.2, 0) is 4.79 Å². The Kier molecular flexibility index (Phi) is 7.87. The molecule has 0 unspecified atom stereocenters. The smallest absolute Gasteiger partial charge is 0.276 e. The molecule has 172 valence electrons. The summed E-state index contributed by atoms with van der Waals surface area (Å²) in [5.74, 6) is 0.541. The van der Waals surface area contributed by atoms with Crippen LogP contribution >= 0.6 is 12.2 Å². The van der Waals surface area contributed by atoms with Crippen molar-refractivity contribution in [1.82, 2.24) is 16.2 Å². The molecule has 0 aliphatic carbocycles. The third-order valence-electron chi connectivity index (χ3n) is 4.56. The van der Waals surface area contributed by atoms with Crippen LogP contribution in [0.15, 0.2) is 54.6 Å². The van der Waals surface area contributed by atoms with Crippen LogP contribution in [0.1, 0.15) is 10.4 Å². The summed E-state index contributed by atoms with van der Waals surface area (Å²) in [7, 11) is 4.35. The standard InChI is InChI=1S/C23H23N3O6S/c1-29-18-11-16(12-19(30-2)21(18)31-3)22(28)24-23(33)26-25-20(27)13-32-17-9-8-14-6-4-5-7-15(14)10-17/h4-12H,13H2,1-3H3,(H,25,27)(H2,24,26,28,33). The topological polar surface area (TPSA) is 107 Å². The summed E-state index contributed by atoms with van der Waals surface area (Å²) in [6.45, 7) is -0.241. The number of fused-ring (bicyclic) bond motifs is 1. The minimum atomic E-state index is -0.534. The number of carbonyl (C=O) groups excluding carboxylic acids is 2. The van der Waals surface area contributed by atoms with E-state index >= 15 is 0 Å². The first kappa shape index (κ1) is 23.6. The Morgan fingerprint density at radius 2 is 1.52 bits per heavy atom. The molecule has 3 aromatic carbocycles. The lowest BCUT2D eigenvalue weighted by Crippen LogP contribution is -2.49. The van der Waals surface area contributed by atoms with Crippen molar-refractivity contribution in [2.45, 2.75) is 0 Å². The summed E-state index contributed by atoms with van der Waals surface area (Å²) in [4.78, 5) is 24.6. The Bertz CT molecular complexity index is 1160. The van der Waals surface area contributed by atoms with Gasteiger partial charge in [0.15, 0.2) is 23.2 Å². The fraction of sp³-hybridized carbons (Fsp3) is 0.174. The molecule has 0 aromatic heterocycles. The van der Waals surface area contributed by atoms with Crippen molar-refractivity contribution in [2.24, 2.45) is 0 Å². The van der Waals surface area contributed by atoms with Crippen LogP contribution in [0.4, 0.5) is 0 Å². The van der Waals surface area contributed by atoms with E-state index in [1.807, 2.05) is 36.4 Å². The highest BCUT2D eigenvalue weighted by Crippen LogP contribution is 2.38. The Hall–Kier alpha value is -4.05. The lowest BCUT2D eigenvalue weighted by molar-refractivity contribution is -0.123. The van der Waals surface area contributed by atoms with E-state index in [0.29, 0.717) is 23.0 Å². The predicted molar refractivity (Wildman–Crippen MR) is 127 cm³/mol. The van der Waals surface area contributed by atoms with Gasteiger partial charge in [-0.05, 0) is 47.3 Å². The highest BCUT2D eigenvalue weighted by molar-refractivity contribution is 7.80. The van der Waals surface area contributed by atoms with E-state index < -0.39 is 11.8 Å². The summed E-state index contributed by atoms with van der Waals surface area (Å²) in [5, 5.41) is 4.43. The van der Waals surface area contributed by atoms with Gasteiger partial charge in [0.25, 0.3) is 11.8 Å². The van der Waals surface area contributed by atoms with E-state index in [4.69, 9.17) is 31.2 Å². The number of ether oxygens (including phenoxy) is 4. The van der Waals surface area contributed by atoms with Crippen LogP contribution in [0.2, 0.25) is 0 Å². The summed E-state index contributed by atoms with van der Waals surface area (Å²) in [5.41, 5.74) is 5.05. The molecule has 3 N–H and O–H groups in total. The van der Waals surface area contributed by atoms with Gasteiger partial charge in [-0.3, -0.25) is 25.8 Å². The summed E-state index contributed by atoms with van der Waals surface area (Å²) in [6, 6.07) is 16.3. The van der Waals surface area contributed by atoms with Crippen molar-refractivity contribution in [3.05, 3.63) is 60.2 Å². The molecule has 10 heteroatoms. The SMILES string of the molecule is COc1cc(C(=O)NC(=S)NNC(=O)COc2ccc3ccccc3c2)cc(OC)c1OC. The molecule has 3 rings (SSSR count). The van der Waals surface area contributed by atoms with Gasteiger partial charge in [-0.25, -0.2) is 0 Å². The fourth-order valence-corrected chi connectivity index (χ4v) is 3.13. The van der Waals surface area contributed by atoms with E-state index in [1.54, 1.807) is 6.07 Å². The summed E-state index contributed by atoms with van der Waals surface area (Å²) < 4.78 is 21.2. The summed E-state index contributed by atoms with van der Waals surface area (Å²) in [6.07, 6.45) is 0. The van der Waals surface area contributed by atoms with E-state index in [2.05, 4.69) is 16.2 Å². The molecule has 0 radical (unpaired) electrons. The zero-order valence-electron chi connectivity index (χ0n) is 18.3. The van der Waals surface area contributed by atoms with Crippen LogP contribution in [-0.4, -0.2) is 44.9 Å². The molecule has 2 amide bonds. The van der Waals surface area contributed by atoms with Crippen molar-refractivity contribution < 1.29 is 28.5 Å². The molecule has 0 bridgehead atoms. The highest BCUT2D eigenvalue weighted by Gasteiger charge is 2.17. The van der Waals surface area contributed by atoms with Gasteiger partial charge in [-0.15, -0.1) is 0 Å². The first-order valence-electron chi connectivity index (χ1n) is 9.77. The van der Waals surface area contributed by atoms with E-state index in [0.717, 1.165) is 10.8 Å². The maximum Gasteiger partial charge on any atom is 0.276 e. The van der Waals surface area contributed by atoms with E-state index in [9.17, 15) is 9.59 Å². The third kappa shape index (κ3) is 6.01. The van der Waals surface area contributed by atoms with Crippen LogP contribution in [0.3, 0.4) is 0 Å². The second kappa shape index (κ2) is 11.0. The van der Waals surface area contributed by atoms with Crippen molar-refractivity contribution in [3.63, 3.8) is 0 Å². The van der Waals surface area contributed by atoms with Gasteiger partial charge in [-0.2, -0.15) is 0 Å². The number of hydrazine groups is 1. The average Bonchev–Trinajstić information content (AvgIpc) is 2.84. The molecule has 0 heterocycles. The Morgan fingerprint density at radius 3 is 2.15 bits per heavy atom. The van der Waals surface area contributed by atoms with E-state index in [-0.39, 0.29) is 17.3 Å². The molecule has 0 fully saturated rings. The number of hydrogen-bond donors (Lipinski definition) is 3. The zero-order valence-corrected chi connectivity index (χ0v) is 19.1. The molecule has 9 nitrogen and oxygen atoms in total. The van der Waals surface area contributed by atoms with Crippen LogP contribution in [0.5, 0.6) is 23.0 Å². The second-order valence-corrected chi connectivity index (χ2v) is 7.08. The van der Waals surface area contributed by atoms with E-state index in [1.165, 1.54) is 33.5 Å². The first-order chi connectivity index (χ1) is 15.9. The molecule has 3 aromatic rings. The monoisotopic (exact) mass is 469 g/mol. The number of amides is 2. The van der Waals surface area contributed by atoms with Gasteiger partial charge in [0.05, 0.1) is 21.3 Å². The average molecular weight is 470 g/mol. The number of nitrogens with one attached hydrogen (secondary N) is 3. The fourth-order valence-electron chi connectivity index (χ4n) is 2.99. The largest absolute Gasteiger partial charge is 0.493 e. The van der Waals surface area contributed by atoms with Crippen LogP contribution in [0, 0.1) is 0 Å². The lowest BCUT2D eigenvalue weighted by atomic mass is 10.1. The third-order valence-corrected chi connectivity index (χ3v) is 4.76. The molecule has 0 saturated heterocycles. The Morgan fingerprint density at radius 1 is 0.848 bits per heavy atom. The number of thiocarbonyl (C=S) groups is 1. The van der Waals surface area contributed by atoms with Gasteiger partial charge < -0.3 is 18.9 Å². The minimum Gasteiger partial charge on any atom is -0.493 e. The summed E-state index contributed by atoms with van der Waals surface area (Å²) >= 11 is 5.06. The molecule has 0 aliphatic rings. The molecule has 0 atom stereocenters. The number of hydrogen-bond acceptors (Lipinski definition) is 7. The minimum absolute atomic E-state index is 0.104. The van der Waals surface area contributed by atoms with Gasteiger partial charge in [0.1, 0.15) is 5.75 Å². The second-order valence-electron chi connectivity index (χ2n) is 6.67. The van der Waals surface area contributed by atoms with Gasteiger partial charge in [0.2, 0.25) is 5.75 Å². The van der Waals surface area contributed by atoms with Crippen molar-refractivity contribution in [2.75, 3.05) is 27.9 Å².